The maximum atomic E-state index is 6.82. The maximum absolute atomic E-state index is 6.82. The number of fused-ring (bicyclic) bond motifs is 3. The molecule has 52 heavy (non-hydrogen) atoms. The second-order valence-electron chi connectivity index (χ2n) is 15.3. The molecule has 0 spiro atoms. The highest BCUT2D eigenvalue weighted by Crippen LogP contribution is 2.39. The standard InChI is InChI=1S/C47H52N4O/c1-10-13-35-20-21-48-45(24-35)50-42-15-12-11-14-40(42)41-18-17-38(28-44(41)50)52-39-26-36(30(4)5)25-37(27-39)51-43(19-16-29(2)3)47(34(9)49-51)46-32(7)22-31(6)23-33(46)8/h11-12,14-15,17-18,20-30H,10,13,16,19H2,1-9H3. The van der Waals surface area contributed by atoms with E-state index in [0.717, 1.165) is 65.4 Å². The van der Waals surface area contributed by atoms with Crippen LogP contribution in [-0.2, 0) is 12.8 Å². The molecule has 0 aliphatic carbocycles. The fourth-order valence-electron chi connectivity index (χ4n) is 7.89. The minimum absolute atomic E-state index is 0.311. The zero-order chi connectivity index (χ0) is 36.7. The molecule has 0 saturated carbocycles. The molecule has 3 aromatic heterocycles. The normalized spacial score (nSPS) is 11.8. The van der Waals surface area contributed by atoms with Crippen molar-refractivity contribution in [3.05, 3.63) is 130 Å². The summed E-state index contributed by atoms with van der Waals surface area (Å²) >= 11 is 0. The third-order valence-electron chi connectivity index (χ3n) is 10.3. The minimum Gasteiger partial charge on any atom is -0.457 e. The number of hydrogen-bond donors (Lipinski definition) is 0. The average Bonchev–Trinajstić information content (AvgIpc) is 3.61. The van der Waals surface area contributed by atoms with Crippen molar-refractivity contribution in [3.8, 4) is 34.1 Å². The molecule has 0 fully saturated rings. The van der Waals surface area contributed by atoms with E-state index >= 15 is 0 Å². The van der Waals surface area contributed by atoms with Gasteiger partial charge in [0.05, 0.1) is 28.1 Å². The van der Waals surface area contributed by atoms with Gasteiger partial charge in [0.2, 0.25) is 0 Å². The van der Waals surface area contributed by atoms with E-state index < -0.39 is 0 Å². The van der Waals surface area contributed by atoms with Gasteiger partial charge in [0, 0.05) is 34.7 Å². The Balaban J connectivity index is 1.36. The fraction of sp³-hybridized carbons (Fsp3) is 0.319. The van der Waals surface area contributed by atoms with Crippen LogP contribution in [0.25, 0.3) is 44.4 Å². The van der Waals surface area contributed by atoms with Gasteiger partial charge in [-0.15, -0.1) is 0 Å². The second kappa shape index (κ2) is 14.5. The van der Waals surface area contributed by atoms with Crippen LogP contribution >= 0.6 is 0 Å². The summed E-state index contributed by atoms with van der Waals surface area (Å²) in [6.07, 6.45) is 6.07. The van der Waals surface area contributed by atoms with Crippen LogP contribution < -0.4 is 4.74 Å². The highest BCUT2D eigenvalue weighted by Gasteiger charge is 2.23. The summed E-state index contributed by atoms with van der Waals surface area (Å²) < 4.78 is 11.3. The second-order valence-corrected chi connectivity index (χ2v) is 15.3. The smallest absolute Gasteiger partial charge is 0.137 e. The molecule has 5 nitrogen and oxygen atoms in total. The Morgan fingerprint density at radius 1 is 0.712 bits per heavy atom. The van der Waals surface area contributed by atoms with Crippen molar-refractivity contribution in [3.63, 3.8) is 0 Å². The Kier molecular flexibility index (Phi) is 9.80. The molecule has 4 aromatic carbocycles. The maximum Gasteiger partial charge on any atom is 0.137 e. The van der Waals surface area contributed by atoms with Crippen molar-refractivity contribution >= 4 is 21.8 Å². The van der Waals surface area contributed by atoms with E-state index in [0.29, 0.717) is 11.8 Å². The lowest BCUT2D eigenvalue weighted by molar-refractivity contribution is 0.481. The van der Waals surface area contributed by atoms with E-state index in [1.54, 1.807) is 0 Å². The molecule has 7 rings (SSSR count). The van der Waals surface area contributed by atoms with Gasteiger partial charge in [-0.1, -0.05) is 76.9 Å². The molecule has 0 N–H and O–H groups in total. The molecule has 0 saturated heterocycles. The van der Waals surface area contributed by atoms with Gasteiger partial charge < -0.3 is 4.74 Å². The molecule has 5 heteroatoms. The lowest BCUT2D eigenvalue weighted by Crippen LogP contribution is -2.06. The molecule has 7 aromatic rings. The molecular weight excluding hydrogens is 637 g/mol. The van der Waals surface area contributed by atoms with Gasteiger partial charge in [0.15, 0.2) is 0 Å². The van der Waals surface area contributed by atoms with E-state index in [-0.39, 0.29) is 0 Å². The summed E-state index contributed by atoms with van der Waals surface area (Å²) in [5.41, 5.74) is 14.5. The van der Waals surface area contributed by atoms with Gasteiger partial charge >= 0.3 is 0 Å². The monoisotopic (exact) mass is 688 g/mol. The van der Waals surface area contributed by atoms with Gasteiger partial charge in [0.25, 0.3) is 0 Å². The average molecular weight is 689 g/mol. The van der Waals surface area contributed by atoms with Gasteiger partial charge in [0.1, 0.15) is 17.3 Å². The zero-order valence-corrected chi connectivity index (χ0v) is 32.3. The van der Waals surface area contributed by atoms with Gasteiger partial charge in [-0.2, -0.15) is 5.10 Å². The largest absolute Gasteiger partial charge is 0.457 e. The molecule has 0 radical (unpaired) electrons. The van der Waals surface area contributed by atoms with Crippen LogP contribution in [0.3, 0.4) is 0 Å². The Morgan fingerprint density at radius 2 is 1.46 bits per heavy atom. The van der Waals surface area contributed by atoms with Gasteiger partial charge in [-0.25, -0.2) is 9.67 Å². The number of ether oxygens (including phenoxy) is 1. The molecule has 0 aliphatic rings. The number of pyridine rings is 1. The third kappa shape index (κ3) is 6.77. The van der Waals surface area contributed by atoms with Crippen molar-refractivity contribution < 1.29 is 4.74 Å². The Bertz CT molecular complexity index is 2380. The molecule has 0 bridgehead atoms. The van der Waals surface area contributed by atoms with E-state index in [1.165, 1.54) is 55.4 Å². The van der Waals surface area contributed by atoms with Crippen LogP contribution in [0.15, 0.2) is 91.1 Å². The van der Waals surface area contributed by atoms with Crippen molar-refractivity contribution in [2.24, 2.45) is 5.92 Å². The predicted molar refractivity (Wildman–Crippen MR) is 218 cm³/mol. The Hall–Kier alpha value is -5.16. The number of benzene rings is 4. The first-order valence-corrected chi connectivity index (χ1v) is 19.0. The number of nitrogens with zero attached hydrogens (tertiary/aromatic N) is 4. The molecule has 0 amide bonds. The van der Waals surface area contributed by atoms with Crippen molar-refractivity contribution in [2.75, 3.05) is 0 Å². The summed E-state index contributed by atoms with van der Waals surface area (Å²) in [5, 5.41) is 7.65. The first kappa shape index (κ1) is 35.3. The molecular formula is C47H52N4O. The molecule has 266 valence electrons. The van der Waals surface area contributed by atoms with Crippen molar-refractivity contribution in [1.82, 2.24) is 19.3 Å². The quantitative estimate of drug-likeness (QED) is 0.136. The summed E-state index contributed by atoms with van der Waals surface area (Å²) in [5.74, 6) is 3.41. The lowest BCUT2D eigenvalue weighted by Gasteiger charge is -2.17. The van der Waals surface area contributed by atoms with Crippen LogP contribution in [0.2, 0.25) is 0 Å². The number of hydrogen-bond acceptors (Lipinski definition) is 3. The van der Waals surface area contributed by atoms with Gasteiger partial charge in [-0.3, -0.25) is 4.57 Å². The van der Waals surface area contributed by atoms with E-state index in [4.69, 9.17) is 14.8 Å². The first-order chi connectivity index (χ1) is 25.0. The lowest BCUT2D eigenvalue weighted by atomic mass is 9.90. The summed E-state index contributed by atoms with van der Waals surface area (Å²) in [4.78, 5) is 4.85. The molecule has 0 aliphatic heterocycles. The minimum atomic E-state index is 0.311. The number of aromatic nitrogens is 4. The number of para-hydroxylation sites is 1. The first-order valence-electron chi connectivity index (χ1n) is 19.0. The summed E-state index contributed by atoms with van der Waals surface area (Å²) in [6.45, 7) is 20.1. The van der Waals surface area contributed by atoms with Crippen LogP contribution in [0.5, 0.6) is 11.5 Å². The zero-order valence-electron chi connectivity index (χ0n) is 32.3. The fourth-order valence-corrected chi connectivity index (χ4v) is 7.89. The van der Waals surface area contributed by atoms with E-state index in [2.05, 4.69) is 156 Å². The number of aryl methyl sites for hydroxylation is 5. The van der Waals surface area contributed by atoms with Crippen LogP contribution in [0.1, 0.15) is 92.6 Å². The van der Waals surface area contributed by atoms with E-state index in [9.17, 15) is 0 Å². The Labute approximate surface area is 309 Å². The molecule has 3 heterocycles. The van der Waals surface area contributed by atoms with Crippen LogP contribution in [-0.4, -0.2) is 19.3 Å². The highest BCUT2D eigenvalue weighted by atomic mass is 16.5. The predicted octanol–water partition coefficient (Wildman–Crippen LogP) is 12.7. The molecule has 0 atom stereocenters. The Morgan fingerprint density at radius 3 is 2.19 bits per heavy atom. The SMILES string of the molecule is CCCc1ccnc(-n2c3ccccc3c3ccc(Oc4cc(C(C)C)cc(-n5nc(C)c(-c6c(C)cc(C)cc6C)c5CCC(C)C)c4)cc32)c1. The van der Waals surface area contributed by atoms with Crippen molar-refractivity contribution in [2.45, 2.75) is 93.9 Å². The summed E-state index contributed by atoms with van der Waals surface area (Å²) in [7, 11) is 0. The topological polar surface area (TPSA) is 44.9 Å². The van der Waals surface area contributed by atoms with Gasteiger partial charge in [-0.05, 0) is 129 Å². The summed E-state index contributed by atoms with van der Waals surface area (Å²) in [6, 6.07) is 30.6. The van der Waals surface area contributed by atoms with Crippen LogP contribution in [0.4, 0.5) is 0 Å². The highest BCUT2D eigenvalue weighted by molar-refractivity contribution is 6.09. The van der Waals surface area contributed by atoms with Crippen LogP contribution in [0, 0.1) is 33.6 Å². The van der Waals surface area contributed by atoms with E-state index in [1.807, 2.05) is 6.20 Å². The van der Waals surface area contributed by atoms with Crippen molar-refractivity contribution in [1.29, 1.82) is 0 Å². The third-order valence-corrected chi connectivity index (χ3v) is 10.3. The number of rotatable bonds is 11. The molecule has 0 unspecified atom stereocenters.